The Hall–Kier alpha value is -0.770. The van der Waals surface area contributed by atoms with Gasteiger partial charge in [-0.1, -0.05) is 6.08 Å². The average molecular weight is 231 g/mol. The summed E-state index contributed by atoms with van der Waals surface area (Å²) in [5.74, 6) is 0. The summed E-state index contributed by atoms with van der Waals surface area (Å²) in [4.78, 5) is -0.565. The fourth-order valence-electron chi connectivity index (χ4n) is 1.81. The lowest BCUT2D eigenvalue weighted by Crippen LogP contribution is -2.04. The standard InChI is InChI=1S/C11H10F3S/c1-7-9(8-4-2-3-5-8)6-15-10(7)11(12,13)14/h4,6H,1-3,5H2. The van der Waals surface area contributed by atoms with Gasteiger partial charge in [-0.15, -0.1) is 11.3 Å². The summed E-state index contributed by atoms with van der Waals surface area (Å²) in [5, 5.41) is 1.57. The Morgan fingerprint density at radius 2 is 2.07 bits per heavy atom. The molecule has 1 radical (unpaired) electrons. The number of hydrogen-bond donors (Lipinski definition) is 0. The SMILES string of the molecule is [CH2]c1c(C2=CCCC2)csc1C(F)(F)F. The van der Waals surface area contributed by atoms with Gasteiger partial charge in [-0.05, 0) is 48.3 Å². The summed E-state index contributed by atoms with van der Waals surface area (Å²) in [6.45, 7) is 3.54. The highest BCUT2D eigenvalue weighted by Crippen LogP contribution is 2.41. The smallest absolute Gasteiger partial charge is 0.165 e. The van der Waals surface area contributed by atoms with E-state index in [4.69, 9.17) is 0 Å². The zero-order valence-electron chi connectivity index (χ0n) is 8.03. The average Bonchev–Trinajstić information content (AvgIpc) is 2.69. The Balaban J connectivity index is 2.40. The van der Waals surface area contributed by atoms with Crippen LogP contribution in [0.2, 0.25) is 0 Å². The minimum atomic E-state index is -4.26. The highest BCUT2D eigenvalue weighted by Gasteiger charge is 2.35. The number of alkyl halides is 3. The lowest BCUT2D eigenvalue weighted by Gasteiger charge is -2.06. The first-order valence-electron chi connectivity index (χ1n) is 4.70. The normalized spacial score (nSPS) is 16.9. The summed E-state index contributed by atoms with van der Waals surface area (Å²) in [6, 6.07) is 0. The minimum absolute atomic E-state index is 0.139. The monoisotopic (exact) mass is 231 g/mol. The Bertz CT molecular complexity index is 398. The van der Waals surface area contributed by atoms with Crippen LogP contribution in [0, 0.1) is 6.92 Å². The molecule has 1 aliphatic carbocycles. The molecule has 0 saturated carbocycles. The van der Waals surface area contributed by atoms with Crippen molar-refractivity contribution in [2.75, 3.05) is 0 Å². The van der Waals surface area contributed by atoms with Gasteiger partial charge < -0.3 is 0 Å². The van der Waals surface area contributed by atoms with E-state index in [1.807, 2.05) is 6.08 Å². The summed E-state index contributed by atoms with van der Waals surface area (Å²) in [6.07, 6.45) is 0.616. The van der Waals surface area contributed by atoms with Crippen LogP contribution in [0.15, 0.2) is 11.5 Å². The van der Waals surface area contributed by atoms with Crippen LogP contribution in [-0.2, 0) is 6.18 Å². The van der Waals surface area contributed by atoms with Crippen LogP contribution in [0.4, 0.5) is 13.2 Å². The van der Waals surface area contributed by atoms with E-state index in [2.05, 4.69) is 6.92 Å². The van der Waals surface area contributed by atoms with Crippen molar-refractivity contribution >= 4 is 16.9 Å². The van der Waals surface area contributed by atoms with Crippen LogP contribution in [0.25, 0.3) is 5.57 Å². The Labute approximate surface area is 90.4 Å². The van der Waals surface area contributed by atoms with E-state index >= 15 is 0 Å². The molecule has 0 atom stereocenters. The molecule has 0 aliphatic heterocycles. The van der Waals surface area contributed by atoms with Gasteiger partial charge in [0.1, 0.15) is 4.88 Å². The molecule has 0 aromatic carbocycles. The maximum absolute atomic E-state index is 12.5. The molecule has 0 amide bonds. The van der Waals surface area contributed by atoms with Gasteiger partial charge in [0, 0.05) is 0 Å². The second-order valence-electron chi connectivity index (χ2n) is 3.58. The Morgan fingerprint density at radius 3 is 2.53 bits per heavy atom. The third kappa shape index (κ3) is 1.95. The zero-order valence-corrected chi connectivity index (χ0v) is 8.84. The van der Waals surface area contributed by atoms with Gasteiger partial charge >= 0.3 is 6.18 Å². The van der Waals surface area contributed by atoms with Crippen molar-refractivity contribution in [3.63, 3.8) is 0 Å². The molecular weight excluding hydrogens is 221 g/mol. The topological polar surface area (TPSA) is 0 Å². The molecule has 0 spiro atoms. The fourth-order valence-corrected chi connectivity index (χ4v) is 2.72. The molecule has 0 nitrogen and oxygen atoms in total. The quantitative estimate of drug-likeness (QED) is 0.666. The molecule has 1 aromatic heterocycles. The first-order chi connectivity index (χ1) is 7.00. The summed E-state index contributed by atoms with van der Waals surface area (Å²) < 4.78 is 37.5. The molecule has 0 unspecified atom stereocenters. The highest BCUT2D eigenvalue weighted by atomic mass is 32.1. The Morgan fingerprint density at radius 1 is 1.33 bits per heavy atom. The molecule has 1 aromatic rings. The number of halogens is 3. The van der Waals surface area contributed by atoms with Crippen LogP contribution < -0.4 is 0 Å². The molecule has 15 heavy (non-hydrogen) atoms. The fraction of sp³-hybridized carbons (Fsp3) is 0.364. The van der Waals surface area contributed by atoms with Crippen molar-refractivity contribution in [3.05, 3.63) is 34.4 Å². The van der Waals surface area contributed by atoms with Crippen LogP contribution in [-0.4, -0.2) is 0 Å². The molecule has 4 heteroatoms. The van der Waals surface area contributed by atoms with E-state index in [9.17, 15) is 13.2 Å². The lowest BCUT2D eigenvalue weighted by atomic mass is 10.0. The number of thiophene rings is 1. The van der Waals surface area contributed by atoms with Crippen molar-refractivity contribution in [2.24, 2.45) is 0 Å². The van der Waals surface area contributed by atoms with Crippen molar-refractivity contribution < 1.29 is 13.2 Å². The minimum Gasteiger partial charge on any atom is -0.165 e. The molecule has 2 rings (SSSR count). The van der Waals surface area contributed by atoms with Crippen molar-refractivity contribution in [1.29, 1.82) is 0 Å². The summed E-state index contributed by atoms with van der Waals surface area (Å²) in [7, 11) is 0. The molecule has 0 bridgehead atoms. The predicted octanol–water partition coefficient (Wildman–Crippen LogP) is 4.52. The van der Waals surface area contributed by atoms with Crippen LogP contribution in [0.3, 0.4) is 0 Å². The number of hydrogen-bond acceptors (Lipinski definition) is 1. The summed E-state index contributed by atoms with van der Waals surface area (Å²) >= 11 is 0.742. The van der Waals surface area contributed by atoms with Crippen molar-refractivity contribution in [3.8, 4) is 0 Å². The van der Waals surface area contributed by atoms with Gasteiger partial charge in [-0.3, -0.25) is 0 Å². The van der Waals surface area contributed by atoms with Crippen molar-refractivity contribution in [2.45, 2.75) is 25.4 Å². The Kier molecular flexibility index (Phi) is 2.63. The maximum atomic E-state index is 12.5. The van der Waals surface area contributed by atoms with Gasteiger partial charge in [-0.25, -0.2) is 0 Å². The first kappa shape index (κ1) is 10.7. The molecule has 81 valence electrons. The molecule has 0 saturated heterocycles. The van der Waals surface area contributed by atoms with Gasteiger partial charge in [0.2, 0.25) is 0 Å². The first-order valence-corrected chi connectivity index (χ1v) is 5.58. The van der Waals surface area contributed by atoms with Gasteiger partial charge in [0.05, 0.1) is 0 Å². The van der Waals surface area contributed by atoms with E-state index in [-0.39, 0.29) is 5.56 Å². The third-order valence-electron chi connectivity index (χ3n) is 2.54. The van der Waals surface area contributed by atoms with Gasteiger partial charge in [0.15, 0.2) is 0 Å². The molecule has 0 N–H and O–H groups in total. The second-order valence-corrected chi connectivity index (χ2v) is 4.46. The van der Waals surface area contributed by atoms with Crippen LogP contribution in [0.5, 0.6) is 0 Å². The van der Waals surface area contributed by atoms with Gasteiger partial charge in [0.25, 0.3) is 0 Å². The van der Waals surface area contributed by atoms with E-state index in [1.165, 1.54) is 0 Å². The third-order valence-corrected chi connectivity index (χ3v) is 3.61. The molecule has 0 fully saturated rings. The van der Waals surface area contributed by atoms with Crippen LogP contribution in [0.1, 0.15) is 35.3 Å². The van der Waals surface area contributed by atoms with E-state index in [1.54, 1.807) is 5.38 Å². The number of rotatable bonds is 1. The van der Waals surface area contributed by atoms with Crippen molar-refractivity contribution in [1.82, 2.24) is 0 Å². The second kappa shape index (κ2) is 3.67. The molecular formula is C11H10F3S. The molecule has 1 heterocycles. The lowest BCUT2D eigenvalue weighted by molar-refractivity contribution is -0.134. The van der Waals surface area contributed by atoms with E-state index < -0.39 is 11.1 Å². The largest absolute Gasteiger partial charge is 0.425 e. The van der Waals surface area contributed by atoms with Crippen LogP contribution >= 0.6 is 11.3 Å². The van der Waals surface area contributed by atoms with E-state index in [0.29, 0.717) is 5.56 Å². The number of allylic oxidation sites excluding steroid dienone is 2. The highest BCUT2D eigenvalue weighted by molar-refractivity contribution is 7.10. The van der Waals surface area contributed by atoms with Gasteiger partial charge in [-0.2, -0.15) is 13.2 Å². The van der Waals surface area contributed by atoms with E-state index in [0.717, 1.165) is 36.2 Å². The maximum Gasteiger partial charge on any atom is 0.425 e. The zero-order chi connectivity index (χ0) is 11.1. The summed E-state index contributed by atoms with van der Waals surface area (Å²) in [5.41, 5.74) is 1.84. The predicted molar refractivity (Wildman–Crippen MR) is 55.6 cm³/mol. The molecule has 1 aliphatic rings.